The van der Waals surface area contributed by atoms with E-state index in [-0.39, 0.29) is 11.8 Å². The average Bonchev–Trinajstić information content (AvgIpc) is 3.14. The van der Waals surface area contributed by atoms with Crippen molar-refractivity contribution in [3.05, 3.63) is 54.1 Å². The zero-order chi connectivity index (χ0) is 20.1. The molecule has 5 nitrogen and oxygen atoms in total. The summed E-state index contributed by atoms with van der Waals surface area (Å²) in [5, 5.41) is 2.97. The predicted octanol–water partition coefficient (Wildman–Crippen LogP) is 3.28. The van der Waals surface area contributed by atoms with Crippen molar-refractivity contribution in [3.63, 3.8) is 0 Å². The molecule has 2 aromatic rings. The minimum atomic E-state index is -0.562. The third-order valence-corrected chi connectivity index (χ3v) is 5.53. The van der Waals surface area contributed by atoms with E-state index in [1.54, 1.807) is 18.9 Å². The minimum absolute atomic E-state index is 0.0256. The van der Waals surface area contributed by atoms with Gasteiger partial charge in [-0.05, 0) is 37.0 Å². The third kappa shape index (κ3) is 4.03. The van der Waals surface area contributed by atoms with Crippen molar-refractivity contribution in [2.24, 2.45) is 5.41 Å². The van der Waals surface area contributed by atoms with Crippen molar-refractivity contribution < 1.29 is 14.3 Å². The van der Waals surface area contributed by atoms with Crippen LogP contribution in [0, 0.1) is 5.41 Å². The number of nitrogens with one attached hydrogen (secondary N) is 1. The number of ether oxygens (including phenoxy) is 1. The van der Waals surface area contributed by atoms with Gasteiger partial charge in [0.1, 0.15) is 5.75 Å². The van der Waals surface area contributed by atoms with Crippen LogP contribution in [-0.2, 0) is 16.0 Å². The fourth-order valence-electron chi connectivity index (χ4n) is 3.98. The van der Waals surface area contributed by atoms with Gasteiger partial charge in [-0.2, -0.15) is 0 Å². The maximum absolute atomic E-state index is 12.8. The van der Waals surface area contributed by atoms with Crippen LogP contribution >= 0.6 is 0 Å². The minimum Gasteiger partial charge on any atom is -0.496 e. The Morgan fingerprint density at radius 1 is 1.14 bits per heavy atom. The number of methoxy groups -OCH3 is 1. The molecule has 0 radical (unpaired) electrons. The van der Waals surface area contributed by atoms with Gasteiger partial charge in [-0.3, -0.25) is 9.59 Å². The highest BCUT2D eigenvalue weighted by Gasteiger charge is 2.45. The van der Waals surface area contributed by atoms with Crippen LogP contribution in [0.3, 0.4) is 0 Å². The number of likely N-dealkylation sites (tertiary alicyclic amines) is 1. The van der Waals surface area contributed by atoms with E-state index in [9.17, 15) is 9.59 Å². The van der Waals surface area contributed by atoms with Crippen molar-refractivity contribution in [3.8, 4) is 16.9 Å². The molecule has 0 saturated carbocycles. The lowest BCUT2D eigenvalue weighted by Gasteiger charge is -2.28. The summed E-state index contributed by atoms with van der Waals surface area (Å²) in [6, 6.07) is 16.2. The van der Waals surface area contributed by atoms with Gasteiger partial charge in [0.15, 0.2) is 0 Å². The highest BCUT2D eigenvalue weighted by Crippen LogP contribution is 2.36. The highest BCUT2D eigenvalue weighted by atomic mass is 16.5. The molecular formula is C23H28N2O3. The second-order valence-electron chi connectivity index (χ2n) is 7.40. The Morgan fingerprint density at radius 2 is 1.86 bits per heavy atom. The first-order valence-electron chi connectivity index (χ1n) is 9.75. The van der Waals surface area contributed by atoms with Crippen molar-refractivity contribution in [2.45, 2.75) is 26.7 Å². The maximum atomic E-state index is 12.8. The Labute approximate surface area is 166 Å². The Balaban J connectivity index is 1.84. The predicted molar refractivity (Wildman–Crippen MR) is 110 cm³/mol. The van der Waals surface area contributed by atoms with Crippen LogP contribution in [-0.4, -0.2) is 43.5 Å². The van der Waals surface area contributed by atoms with E-state index < -0.39 is 5.41 Å². The molecule has 0 aliphatic carbocycles. The second-order valence-corrected chi connectivity index (χ2v) is 7.40. The molecule has 1 aliphatic heterocycles. The van der Waals surface area contributed by atoms with Gasteiger partial charge >= 0.3 is 0 Å². The molecule has 3 rings (SSSR count). The molecule has 0 bridgehead atoms. The van der Waals surface area contributed by atoms with E-state index in [0.29, 0.717) is 32.5 Å². The lowest BCUT2D eigenvalue weighted by atomic mass is 9.79. The lowest BCUT2D eigenvalue weighted by molar-refractivity contribution is -0.132. The van der Waals surface area contributed by atoms with Crippen LogP contribution in [0.2, 0.25) is 0 Å². The smallest absolute Gasteiger partial charge is 0.228 e. The van der Waals surface area contributed by atoms with Crippen molar-refractivity contribution in [2.75, 3.05) is 26.7 Å². The fourth-order valence-corrected chi connectivity index (χ4v) is 3.98. The van der Waals surface area contributed by atoms with Gasteiger partial charge in [-0.15, -0.1) is 0 Å². The summed E-state index contributed by atoms with van der Waals surface area (Å²) in [5.41, 5.74) is 2.65. The first-order chi connectivity index (χ1) is 13.5. The number of nitrogens with zero attached hydrogens (tertiary/aromatic N) is 1. The number of carbonyl (C=O) groups excluding carboxylic acids is 2. The summed E-state index contributed by atoms with van der Waals surface area (Å²) >= 11 is 0. The quantitative estimate of drug-likeness (QED) is 0.837. The first kappa shape index (κ1) is 19.9. The number of para-hydroxylation sites is 1. The second kappa shape index (κ2) is 8.46. The van der Waals surface area contributed by atoms with Crippen molar-refractivity contribution in [1.82, 2.24) is 10.2 Å². The Morgan fingerprint density at radius 3 is 2.46 bits per heavy atom. The summed E-state index contributed by atoms with van der Waals surface area (Å²) in [6.07, 6.45) is 1.31. The molecule has 0 aromatic heterocycles. The normalized spacial score (nSPS) is 18.8. The number of carbonyl (C=O) groups is 2. The van der Waals surface area contributed by atoms with Crippen LogP contribution in [0.15, 0.2) is 48.5 Å². The number of benzene rings is 2. The van der Waals surface area contributed by atoms with Gasteiger partial charge in [-0.25, -0.2) is 0 Å². The van der Waals surface area contributed by atoms with E-state index in [1.165, 1.54) is 0 Å². The Hall–Kier alpha value is -2.82. The highest BCUT2D eigenvalue weighted by molar-refractivity contribution is 5.85. The Kier molecular flexibility index (Phi) is 6.02. The number of amides is 2. The zero-order valence-corrected chi connectivity index (χ0v) is 16.8. The summed E-state index contributed by atoms with van der Waals surface area (Å²) in [7, 11) is 1.67. The molecule has 148 valence electrons. The summed E-state index contributed by atoms with van der Waals surface area (Å²) in [4.78, 5) is 26.4. The first-order valence-corrected chi connectivity index (χ1v) is 9.75. The molecule has 1 saturated heterocycles. The van der Waals surface area contributed by atoms with E-state index >= 15 is 0 Å². The van der Waals surface area contributed by atoms with E-state index in [1.807, 2.05) is 31.2 Å². The van der Waals surface area contributed by atoms with Crippen molar-refractivity contribution in [1.29, 1.82) is 0 Å². The molecule has 2 aromatic carbocycles. The van der Waals surface area contributed by atoms with Gasteiger partial charge in [-0.1, -0.05) is 42.5 Å². The average molecular weight is 380 g/mol. The number of rotatable bonds is 6. The largest absolute Gasteiger partial charge is 0.496 e. The fraction of sp³-hybridized carbons (Fsp3) is 0.391. The van der Waals surface area contributed by atoms with Crippen molar-refractivity contribution >= 4 is 11.8 Å². The molecule has 1 fully saturated rings. The standard InChI is InChI=1S/C23H28N2O3/c1-4-24-22(27)23(13-14-25(16-23)17(2)26)15-18-9-11-19(12-10-18)20-7-5-6-8-21(20)28-3/h5-12H,4,13-16H2,1-3H3,(H,24,27). The SMILES string of the molecule is CCNC(=O)C1(Cc2ccc(-c3ccccc3OC)cc2)CCN(C(C)=O)C1. The molecular weight excluding hydrogens is 352 g/mol. The number of hydrogen-bond donors (Lipinski definition) is 1. The topological polar surface area (TPSA) is 58.6 Å². The van der Waals surface area contributed by atoms with Gasteiger partial charge in [0.05, 0.1) is 12.5 Å². The van der Waals surface area contributed by atoms with Gasteiger partial charge < -0.3 is 15.0 Å². The zero-order valence-electron chi connectivity index (χ0n) is 16.8. The summed E-state index contributed by atoms with van der Waals surface area (Å²) in [5.74, 6) is 0.896. The molecule has 1 heterocycles. The van der Waals surface area contributed by atoms with Crippen LogP contribution in [0.5, 0.6) is 5.75 Å². The molecule has 1 N–H and O–H groups in total. The Bertz CT molecular complexity index is 847. The lowest BCUT2D eigenvalue weighted by Crippen LogP contribution is -2.45. The molecule has 1 unspecified atom stereocenters. The number of hydrogen-bond acceptors (Lipinski definition) is 3. The van der Waals surface area contributed by atoms with Crippen LogP contribution < -0.4 is 10.1 Å². The molecule has 5 heteroatoms. The van der Waals surface area contributed by atoms with E-state index in [0.717, 1.165) is 22.4 Å². The summed E-state index contributed by atoms with van der Waals surface area (Å²) in [6.45, 7) is 5.18. The van der Waals surface area contributed by atoms with Crippen LogP contribution in [0.4, 0.5) is 0 Å². The van der Waals surface area contributed by atoms with Gasteiger partial charge in [0.25, 0.3) is 0 Å². The molecule has 28 heavy (non-hydrogen) atoms. The third-order valence-electron chi connectivity index (χ3n) is 5.53. The maximum Gasteiger partial charge on any atom is 0.228 e. The van der Waals surface area contributed by atoms with Crippen LogP contribution in [0.25, 0.3) is 11.1 Å². The van der Waals surface area contributed by atoms with E-state index in [2.05, 4.69) is 29.6 Å². The summed E-state index contributed by atoms with van der Waals surface area (Å²) < 4.78 is 5.46. The van der Waals surface area contributed by atoms with Crippen LogP contribution in [0.1, 0.15) is 25.8 Å². The molecule has 2 amide bonds. The van der Waals surface area contributed by atoms with E-state index in [4.69, 9.17) is 4.74 Å². The molecule has 1 aliphatic rings. The molecule has 1 atom stereocenters. The van der Waals surface area contributed by atoms with Gasteiger partial charge in [0.2, 0.25) is 11.8 Å². The molecule has 0 spiro atoms. The van der Waals surface area contributed by atoms with Gasteiger partial charge in [0, 0.05) is 32.1 Å². The monoisotopic (exact) mass is 380 g/mol.